The quantitative estimate of drug-likeness (QED) is 0.736. The molecule has 0 bridgehead atoms. The number of tetrazole rings is 1. The molecule has 1 fully saturated rings. The Balaban J connectivity index is 1.55. The fourth-order valence-corrected chi connectivity index (χ4v) is 4.29. The molecule has 0 amide bonds. The molecule has 1 atom stereocenters. The molecule has 3 heterocycles. The van der Waals surface area contributed by atoms with Crippen LogP contribution in [0, 0.1) is 0 Å². The van der Waals surface area contributed by atoms with Crippen LogP contribution in [-0.4, -0.2) is 37.9 Å². The molecular weight excluding hydrogens is 306 g/mol. The van der Waals surface area contributed by atoms with Crippen molar-refractivity contribution in [2.24, 2.45) is 0 Å². The number of fused-ring (bicyclic) bond motifs is 1. The van der Waals surface area contributed by atoms with Crippen molar-refractivity contribution in [3.8, 4) is 0 Å². The summed E-state index contributed by atoms with van der Waals surface area (Å²) < 4.78 is 9.59. The van der Waals surface area contributed by atoms with Crippen LogP contribution < -0.4 is 0 Å². The van der Waals surface area contributed by atoms with Gasteiger partial charge < -0.3 is 4.74 Å². The van der Waals surface area contributed by atoms with Crippen LogP contribution in [0.5, 0.6) is 0 Å². The first-order valence-electron chi connectivity index (χ1n) is 6.80. The second-order valence-corrected chi connectivity index (χ2v) is 7.07. The molecule has 8 heteroatoms. The lowest BCUT2D eigenvalue weighted by atomic mass is 10.2. The summed E-state index contributed by atoms with van der Waals surface area (Å²) in [4.78, 5) is 4.60. The minimum absolute atomic E-state index is 0.225. The van der Waals surface area contributed by atoms with Gasteiger partial charge in [0.2, 0.25) is 5.16 Å². The summed E-state index contributed by atoms with van der Waals surface area (Å²) in [5, 5.41) is 12.7. The predicted molar refractivity (Wildman–Crippen MR) is 80.5 cm³/mol. The van der Waals surface area contributed by atoms with E-state index >= 15 is 0 Å². The lowest BCUT2D eigenvalue weighted by molar-refractivity contribution is 0.0912. The number of hydrogen-bond donors (Lipinski definition) is 0. The second-order valence-electron chi connectivity index (χ2n) is 4.83. The van der Waals surface area contributed by atoms with E-state index in [0.717, 1.165) is 34.5 Å². The maximum Gasteiger partial charge on any atom is 0.216 e. The number of aromatic nitrogens is 5. The van der Waals surface area contributed by atoms with Crippen molar-refractivity contribution in [1.29, 1.82) is 0 Å². The summed E-state index contributed by atoms with van der Waals surface area (Å²) in [7, 11) is 0. The molecule has 3 aromatic rings. The molecule has 1 aliphatic rings. The van der Waals surface area contributed by atoms with Gasteiger partial charge in [0.25, 0.3) is 0 Å². The summed E-state index contributed by atoms with van der Waals surface area (Å²) in [5.41, 5.74) is 1.02. The van der Waals surface area contributed by atoms with E-state index in [9.17, 15) is 0 Å². The van der Waals surface area contributed by atoms with Crippen LogP contribution >= 0.6 is 23.1 Å². The Hall–Kier alpha value is -1.51. The predicted octanol–water partition coefficient (Wildman–Crippen LogP) is 2.61. The molecule has 6 nitrogen and oxygen atoms in total. The van der Waals surface area contributed by atoms with Crippen LogP contribution in [0.4, 0.5) is 0 Å². The summed E-state index contributed by atoms with van der Waals surface area (Å²) in [6, 6.07) is 8.12. The number of thiazole rings is 1. The van der Waals surface area contributed by atoms with E-state index in [4.69, 9.17) is 4.74 Å². The van der Waals surface area contributed by atoms with Crippen molar-refractivity contribution >= 4 is 33.3 Å². The van der Waals surface area contributed by atoms with Gasteiger partial charge in [-0.15, -0.1) is 16.4 Å². The molecule has 0 N–H and O–H groups in total. The molecule has 108 valence electrons. The molecule has 2 aromatic heterocycles. The second kappa shape index (κ2) is 5.70. The highest BCUT2D eigenvalue weighted by atomic mass is 32.2. The highest BCUT2D eigenvalue weighted by Crippen LogP contribution is 2.33. The average molecular weight is 319 g/mol. The van der Waals surface area contributed by atoms with E-state index in [1.165, 1.54) is 16.5 Å². The van der Waals surface area contributed by atoms with E-state index in [1.54, 1.807) is 11.3 Å². The van der Waals surface area contributed by atoms with Crippen LogP contribution in [0.1, 0.15) is 12.8 Å². The van der Waals surface area contributed by atoms with Crippen LogP contribution in [-0.2, 0) is 11.3 Å². The molecule has 1 aliphatic heterocycles. The van der Waals surface area contributed by atoms with Gasteiger partial charge in [-0.05, 0) is 47.2 Å². The number of para-hydroxylation sites is 1. The topological polar surface area (TPSA) is 65.7 Å². The van der Waals surface area contributed by atoms with E-state index < -0.39 is 0 Å². The number of nitrogens with zero attached hydrogens (tertiary/aromatic N) is 5. The number of hydrogen-bond acceptors (Lipinski definition) is 7. The van der Waals surface area contributed by atoms with Crippen molar-refractivity contribution < 1.29 is 4.74 Å². The molecule has 1 unspecified atom stereocenters. The zero-order chi connectivity index (χ0) is 14.1. The van der Waals surface area contributed by atoms with Crippen LogP contribution in [0.15, 0.2) is 33.8 Å². The van der Waals surface area contributed by atoms with Crippen molar-refractivity contribution in [2.45, 2.75) is 35.0 Å². The van der Waals surface area contributed by atoms with Gasteiger partial charge in [-0.1, -0.05) is 12.1 Å². The first kappa shape index (κ1) is 13.2. The average Bonchev–Trinajstić information content (AvgIpc) is 3.21. The Bertz CT molecular complexity index is 717. The SMILES string of the molecule is c1ccc2sc(Sc3nnnn3CC3CCCO3)nc2c1. The number of ether oxygens (including phenoxy) is 1. The first-order chi connectivity index (χ1) is 10.4. The van der Waals surface area contributed by atoms with Crippen LogP contribution in [0.2, 0.25) is 0 Å². The molecule has 0 spiro atoms. The summed E-state index contributed by atoms with van der Waals surface area (Å²) in [5.74, 6) is 0. The molecule has 0 aliphatic carbocycles. The van der Waals surface area contributed by atoms with Crippen LogP contribution in [0.3, 0.4) is 0 Å². The molecule has 4 rings (SSSR count). The summed E-state index contributed by atoms with van der Waals surface area (Å²) in [6.45, 7) is 1.55. The highest BCUT2D eigenvalue weighted by molar-refractivity contribution is 8.01. The Morgan fingerprint density at radius 1 is 1.38 bits per heavy atom. The normalized spacial score (nSPS) is 18.6. The van der Waals surface area contributed by atoms with Gasteiger partial charge in [0.1, 0.15) is 0 Å². The molecule has 21 heavy (non-hydrogen) atoms. The third kappa shape index (κ3) is 2.78. The zero-order valence-corrected chi connectivity index (χ0v) is 12.8. The summed E-state index contributed by atoms with van der Waals surface area (Å²) in [6.07, 6.45) is 2.42. The smallest absolute Gasteiger partial charge is 0.216 e. The largest absolute Gasteiger partial charge is 0.376 e. The molecule has 0 saturated carbocycles. The zero-order valence-electron chi connectivity index (χ0n) is 11.2. The Kier molecular flexibility index (Phi) is 3.58. The standard InChI is InChI=1S/C13H13N5OS2/c1-2-6-11-10(5-1)14-13(20-11)21-12-15-16-17-18(12)8-9-4-3-7-19-9/h1-2,5-6,9H,3-4,7-8H2. The van der Waals surface area contributed by atoms with Crippen molar-refractivity contribution in [3.05, 3.63) is 24.3 Å². The maximum absolute atomic E-state index is 5.64. The third-order valence-corrected chi connectivity index (χ3v) is 5.42. The van der Waals surface area contributed by atoms with Gasteiger partial charge in [-0.3, -0.25) is 0 Å². The van der Waals surface area contributed by atoms with E-state index in [1.807, 2.05) is 22.9 Å². The van der Waals surface area contributed by atoms with Gasteiger partial charge in [0.05, 0.1) is 22.9 Å². The first-order valence-corrected chi connectivity index (χ1v) is 8.43. The Morgan fingerprint density at radius 3 is 3.19 bits per heavy atom. The lowest BCUT2D eigenvalue weighted by Crippen LogP contribution is -2.16. The van der Waals surface area contributed by atoms with E-state index in [0.29, 0.717) is 6.54 Å². The lowest BCUT2D eigenvalue weighted by Gasteiger charge is -2.09. The molecule has 1 saturated heterocycles. The fraction of sp³-hybridized carbons (Fsp3) is 0.385. The molecule has 0 radical (unpaired) electrons. The van der Waals surface area contributed by atoms with Crippen LogP contribution in [0.25, 0.3) is 10.2 Å². The summed E-state index contributed by atoms with van der Waals surface area (Å²) >= 11 is 3.17. The minimum atomic E-state index is 0.225. The third-order valence-electron chi connectivity index (χ3n) is 3.35. The molecule has 1 aromatic carbocycles. The Morgan fingerprint density at radius 2 is 2.33 bits per heavy atom. The number of benzene rings is 1. The van der Waals surface area contributed by atoms with Crippen molar-refractivity contribution in [2.75, 3.05) is 6.61 Å². The van der Waals surface area contributed by atoms with Gasteiger partial charge >= 0.3 is 0 Å². The highest BCUT2D eigenvalue weighted by Gasteiger charge is 2.19. The monoisotopic (exact) mass is 319 g/mol. The Labute approximate surface area is 129 Å². The van der Waals surface area contributed by atoms with Gasteiger partial charge in [-0.2, -0.15) is 0 Å². The molecular formula is C13H13N5OS2. The fourth-order valence-electron chi connectivity index (χ4n) is 2.34. The minimum Gasteiger partial charge on any atom is -0.376 e. The van der Waals surface area contributed by atoms with Crippen molar-refractivity contribution in [1.82, 2.24) is 25.2 Å². The van der Waals surface area contributed by atoms with E-state index in [-0.39, 0.29) is 6.10 Å². The number of rotatable bonds is 4. The maximum atomic E-state index is 5.64. The van der Waals surface area contributed by atoms with Crippen molar-refractivity contribution in [3.63, 3.8) is 0 Å². The van der Waals surface area contributed by atoms with Gasteiger partial charge in [0, 0.05) is 6.61 Å². The van der Waals surface area contributed by atoms with Gasteiger partial charge in [-0.25, -0.2) is 9.67 Å². The van der Waals surface area contributed by atoms with E-state index in [2.05, 4.69) is 26.6 Å². The van der Waals surface area contributed by atoms with Gasteiger partial charge in [0.15, 0.2) is 4.34 Å².